The molecule has 7 heteroatoms. The number of fused-ring (bicyclic) bond motifs is 1. The zero-order chi connectivity index (χ0) is 20.5. The molecule has 0 aliphatic carbocycles. The lowest BCUT2D eigenvalue weighted by molar-refractivity contribution is 0.302. The number of anilines is 1. The van der Waals surface area contributed by atoms with Gasteiger partial charge < -0.3 is 9.64 Å². The monoisotopic (exact) mass is 403 g/mol. The Morgan fingerprint density at radius 3 is 2.36 bits per heavy atom. The number of nitrogens with zero attached hydrogens (tertiary/aromatic N) is 3. The van der Waals surface area contributed by atoms with Gasteiger partial charge in [0.15, 0.2) is 0 Å². The minimum atomic E-state index is -3.57. The van der Waals surface area contributed by atoms with Gasteiger partial charge in [-0.3, -0.25) is 0 Å². The third-order valence-electron chi connectivity index (χ3n) is 5.06. The van der Waals surface area contributed by atoms with Gasteiger partial charge in [-0.05, 0) is 69.5 Å². The lowest BCUT2D eigenvalue weighted by Gasteiger charge is -2.31. The van der Waals surface area contributed by atoms with Crippen LogP contribution in [0.3, 0.4) is 0 Å². The van der Waals surface area contributed by atoms with Crippen molar-refractivity contribution in [2.45, 2.75) is 57.6 Å². The Morgan fingerprint density at radius 1 is 1.07 bits per heavy atom. The zero-order valence-electron chi connectivity index (χ0n) is 17.2. The number of rotatable bonds is 6. The van der Waals surface area contributed by atoms with Gasteiger partial charge in [0.05, 0.1) is 7.11 Å². The molecular formula is C21H29N3O3S. The predicted octanol–water partition coefficient (Wildman–Crippen LogP) is 3.46. The highest BCUT2D eigenvalue weighted by molar-refractivity contribution is 7.89. The number of ether oxygens (including phenoxy) is 1. The van der Waals surface area contributed by atoms with Gasteiger partial charge in [-0.2, -0.15) is 4.31 Å². The van der Waals surface area contributed by atoms with E-state index in [-0.39, 0.29) is 17.0 Å². The van der Waals surface area contributed by atoms with E-state index in [4.69, 9.17) is 4.74 Å². The molecule has 0 amide bonds. The third kappa shape index (κ3) is 4.00. The molecule has 0 bridgehead atoms. The smallest absolute Gasteiger partial charge is 0.245 e. The van der Waals surface area contributed by atoms with Gasteiger partial charge in [0.25, 0.3) is 0 Å². The fraction of sp³-hybridized carbons (Fsp3) is 0.476. The quantitative estimate of drug-likeness (QED) is 0.739. The van der Waals surface area contributed by atoms with E-state index in [1.54, 1.807) is 19.2 Å². The largest absolute Gasteiger partial charge is 0.497 e. The van der Waals surface area contributed by atoms with E-state index in [0.29, 0.717) is 0 Å². The Kier molecular flexibility index (Phi) is 5.95. The fourth-order valence-electron chi connectivity index (χ4n) is 3.84. The first-order chi connectivity index (χ1) is 13.2. The Hall–Kier alpha value is -2.12. The van der Waals surface area contributed by atoms with Crippen LogP contribution in [0.2, 0.25) is 0 Å². The number of benzene rings is 1. The first kappa shape index (κ1) is 20.6. The molecular weight excluding hydrogens is 374 g/mol. The Labute approximate surface area is 168 Å². The number of hydrogen-bond acceptors (Lipinski definition) is 5. The van der Waals surface area contributed by atoms with Crippen LogP contribution in [0.25, 0.3) is 0 Å². The van der Waals surface area contributed by atoms with Crippen LogP contribution >= 0.6 is 0 Å². The van der Waals surface area contributed by atoms with Crippen LogP contribution in [-0.4, -0.2) is 43.4 Å². The molecule has 0 spiro atoms. The van der Waals surface area contributed by atoms with E-state index in [1.165, 1.54) is 21.6 Å². The fourth-order valence-corrected chi connectivity index (χ4v) is 5.62. The van der Waals surface area contributed by atoms with Gasteiger partial charge in [-0.25, -0.2) is 13.4 Å². The Balaban J connectivity index is 1.83. The molecule has 0 atom stereocenters. The summed E-state index contributed by atoms with van der Waals surface area (Å²) in [6.07, 6.45) is 2.40. The van der Waals surface area contributed by atoms with Crippen LogP contribution in [0.4, 0.5) is 5.82 Å². The summed E-state index contributed by atoms with van der Waals surface area (Å²) in [6, 6.07) is 9.40. The molecule has 0 radical (unpaired) electrons. The van der Waals surface area contributed by atoms with Crippen molar-refractivity contribution in [1.29, 1.82) is 0 Å². The molecule has 152 valence electrons. The second kappa shape index (κ2) is 8.09. The summed E-state index contributed by atoms with van der Waals surface area (Å²) in [5.41, 5.74) is 2.54. The van der Waals surface area contributed by atoms with Crippen LogP contribution in [0.5, 0.6) is 5.75 Å². The van der Waals surface area contributed by atoms with E-state index in [9.17, 15) is 8.42 Å². The van der Waals surface area contributed by atoms with Gasteiger partial charge in [-0.15, -0.1) is 0 Å². The SMILES string of the molecule is COc1ccc2c(c1)CN(c1ccc(S(=O)(=O)N(C(C)C)C(C)C)cn1)CC2. The predicted molar refractivity (Wildman–Crippen MR) is 111 cm³/mol. The maximum atomic E-state index is 13.0. The van der Waals surface area contributed by atoms with Crippen LogP contribution < -0.4 is 9.64 Å². The molecule has 1 aromatic carbocycles. The highest BCUT2D eigenvalue weighted by Gasteiger charge is 2.30. The average Bonchev–Trinajstić information content (AvgIpc) is 2.66. The number of aromatic nitrogens is 1. The Bertz CT molecular complexity index is 916. The average molecular weight is 404 g/mol. The molecule has 0 unspecified atom stereocenters. The highest BCUT2D eigenvalue weighted by atomic mass is 32.2. The van der Waals surface area contributed by atoms with Crippen LogP contribution in [-0.2, 0) is 23.0 Å². The van der Waals surface area contributed by atoms with Crippen molar-refractivity contribution in [1.82, 2.24) is 9.29 Å². The van der Waals surface area contributed by atoms with Gasteiger partial charge in [0, 0.05) is 31.4 Å². The lowest BCUT2D eigenvalue weighted by Crippen LogP contribution is -2.42. The molecule has 0 N–H and O–H groups in total. The number of methoxy groups -OCH3 is 1. The summed E-state index contributed by atoms with van der Waals surface area (Å²) < 4.78 is 32.8. The standard InChI is InChI=1S/C21H29N3O3S/c1-15(2)24(16(3)4)28(25,26)20-8-9-21(22-13-20)23-11-10-17-6-7-19(27-5)12-18(17)14-23/h6-9,12-13,15-16H,10-11,14H2,1-5H3. The van der Waals surface area contributed by atoms with Gasteiger partial charge in [0.1, 0.15) is 16.5 Å². The first-order valence-electron chi connectivity index (χ1n) is 9.64. The van der Waals surface area contributed by atoms with Crippen molar-refractivity contribution >= 4 is 15.8 Å². The van der Waals surface area contributed by atoms with Crippen molar-refractivity contribution in [2.24, 2.45) is 0 Å². The van der Waals surface area contributed by atoms with Crippen molar-refractivity contribution in [3.05, 3.63) is 47.7 Å². The van der Waals surface area contributed by atoms with Gasteiger partial charge in [0.2, 0.25) is 10.0 Å². The molecule has 0 saturated carbocycles. The van der Waals surface area contributed by atoms with E-state index >= 15 is 0 Å². The van der Waals surface area contributed by atoms with Crippen LogP contribution in [0.1, 0.15) is 38.8 Å². The molecule has 0 fully saturated rings. The van der Waals surface area contributed by atoms with Crippen molar-refractivity contribution < 1.29 is 13.2 Å². The van der Waals surface area contributed by atoms with Gasteiger partial charge in [-0.1, -0.05) is 6.07 Å². The lowest BCUT2D eigenvalue weighted by atomic mass is 9.99. The first-order valence-corrected chi connectivity index (χ1v) is 11.1. The summed E-state index contributed by atoms with van der Waals surface area (Å²) >= 11 is 0. The highest BCUT2D eigenvalue weighted by Crippen LogP contribution is 2.27. The van der Waals surface area contributed by atoms with Crippen molar-refractivity contribution in [3.63, 3.8) is 0 Å². The summed E-state index contributed by atoms with van der Waals surface area (Å²) in [5, 5.41) is 0. The molecule has 0 saturated heterocycles. The molecule has 1 aliphatic heterocycles. The minimum Gasteiger partial charge on any atom is -0.497 e. The van der Waals surface area contributed by atoms with Crippen molar-refractivity contribution in [2.75, 3.05) is 18.6 Å². The zero-order valence-corrected chi connectivity index (χ0v) is 18.0. The number of hydrogen-bond donors (Lipinski definition) is 0. The van der Waals surface area contributed by atoms with E-state index in [1.807, 2.05) is 33.8 Å². The maximum Gasteiger partial charge on any atom is 0.245 e. The molecule has 1 aromatic heterocycles. The summed E-state index contributed by atoms with van der Waals surface area (Å²) in [4.78, 5) is 6.88. The summed E-state index contributed by atoms with van der Waals surface area (Å²) in [6.45, 7) is 9.13. The maximum absolute atomic E-state index is 13.0. The normalized spacial score (nSPS) is 14.6. The molecule has 2 heterocycles. The van der Waals surface area contributed by atoms with Gasteiger partial charge >= 0.3 is 0 Å². The van der Waals surface area contributed by atoms with Crippen LogP contribution in [0, 0.1) is 0 Å². The molecule has 3 rings (SSSR count). The molecule has 2 aromatic rings. The molecule has 6 nitrogen and oxygen atoms in total. The Morgan fingerprint density at radius 2 is 1.79 bits per heavy atom. The second-order valence-electron chi connectivity index (χ2n) is 7.68. The molecule has 1 aliphatic rings. The summed E-state index contributed by atoms with van der Waals surface area (Å²) in [7, 11) is -1.90. The summed E-state index contributed by atoms with van der Waals surface area (Å²) in [5.74, 6) is 1.63. The molecule has 28 heavy (non-hydrogen) atoms. The van der Waals surface area contributed by atoms with E-state index in [0.717, 1.165) is 31.1 Å². The van der Waals surface area contributed by atoms with E-state index in [2.05, 4.69) is 22.0 Å². The van der Waals surface area contributed by atoms with E-state index < -0.39 is 10.0 Å². The van der Waals surface area contributed by atoms with Crippen molar-refractivity contribution in [3.8, 4) is 5.75 Å². The van der Waals surface area contributed by atoms with Crippen LogP contribution in [0.15, 0.2) is 41.4 Å². The third-order valence-corrected chi connectivity index (χ3v) is 7.30. The second-order valence-corrected chi connectivity index (χ2v) is 9.52. The minimum absolute atomic E-state index is 0.113. The number of pyridine rings is 1. The topological polar surface area (TPSA) is 62.7 Å². The number of sulfonamides is 1.